The van der Waals surface area contributed by atoms with Crippen LogP contribution in [0.15, 0.2) is 12.1 Å². The Bertz CT molecular complexity index is 655. The molecule has 7 heteroatoms. The second-order valence-electron chi connectivity index (χ2n) is 5.75. The minimum atomic E-state index is -0.641. The summed E-state index contributed by atoms with van der Waals surface area (Å²) in [6, 6.07) is 4.55. The molecule has 1 aromatic rings. The van der Waals surface area contributed by atoms with E-state index in [9.17, 15) is 14.9 Å². The van der Waals surface area contributed by atoms with Crippen molar-refractivity contribution in [2.24, 2.45) is 0 Å². The van der Waals surface area contributed by atoms with Gasteiger partial charge >= 0.3 is 6.09 Å². The summed E-state index contributed by atoms with van der Waals surface area (Å²) in [5.74, 6) is 0. The van der Waals surface area contributed by atoms with Crippen LogP contribution in [0.1, 0.15) is 31.9 Å². The van der Waals surface area contributed by atoms with Crippen LogP contribution in [0.3, 0.4) is 0 Å². The van der Waals surface area contributed by atoms with Gasteiger partial charge in [0.15, 0.2) is 0 Å². The summed E-state index contributed by atoms with van der Waals surface area (Å²) in [7, 11) is 0. The van der Waals surface area contributed by atoms with E-state index in [1.54, 1.807) is 20.8 Å². The smallest absolute Gasteiger partial charge is 0.414 e. The summed E-state index contributed by atoms with van der Waals surface area (Å²) >= 11 is 0. The normalized spacial score (nSPS) is 13.5. The summed E-state index contributed by atoms with van der Waals surface area (Å²) < 4.78 is 5.29. The molecule has 1 aliphatic rings. The van der Waals surface area contributed by atoms with E-state index in [2.05, 4.69) is 0 Å². The largest absolute Gasteiger partial charge is 0.443 e. The van der Waals surface area contributed by atoms with Crippen LogP contribution in [-0.2, 0) is 11.2 Å². The number of anilines is 1. The van der Waals surface area contributed by atoms with Crippen LogP contribution in [0.25, 0.3) is 0 Å². The van der Waals surface area contributed by atoms with Gasteiger partial charge in [0.1, 0.15) is 17.2 Å². The second kappa shape index (κ2) is 5.05. The first-order chi connectivity index (χ1) is 9.73. The second-order valence-corrected chi connectivity index (χ2v) is 5.75. The van der Waals surface area contributed by atoms with Crippen molar-refractivity contribution < 1.29 is 14.5 Å². The number of rotatable bonds is 1. The summed E-state index contributed by atoms with van der Waals surface area (Å²) in [5.41, 5.74) is 0.243. The first-order valence-corrected chi connectivity index (χ1v) is 6.45. The highest BCUT2D eigenvalue weighted by Gasteiger charge is 2.31. The predicted octanol–water partition coefficient (Wildman–Crippen LogP) is 2.76. The van der Waals surface area contributed by atoms with Crippen molar-refractivity contribution in [1.29, 1.82) is 5.26 Å². The molecule has 1 aliphatic heterocycles. The zero-order valence-corrected chi connectivity index (χ0v) is 12.0. The molecule has 0 N–H and O–H groups in total. The quantitative estimate of drug-likeness (QED) is 0.585. The number of benzene rings is 1. The molecule has 0 saturated carbocycles. The molecule has 0 unspecified atom stereocenters. The standard InChI is InChI=1S/C14H15N3O4/c1-14(2,3)21-13(18)16-5-4-9-6-10(8-15)12(17(19)20)7-11(9)16/h6-7H,4-5H2,1-3H3. The Labute approximate surface area is 121 Å². The van der Waals surface area contributed by atoms with Gasteiger partial charge in [-0.15, -0.1) is 0 Å². The van der Waals surface area contributed by atoms with Gasteiger partial charge in [0.2, 0.25) is 0 Å². The molecule has 0 aromatic heterocycles. The van der Waals surface area contributed by atoms with Gasteiger partial charge in [0.25, 0.3) is 5.69 Å². The van der Waals surface area contributed by atoms with E-state index in [0.717, 1.165) is 5.56 Å². The molecule has 110 valence electrons. The first-order valence-electron chi connectivity index (χ1n) is 6.45. The molecule has 0 bridgehead atoms. The van der Waals surface area contributed by atoms with E-state index < -0.39 is 16.6 Å². The molecule has 1 amide bonds. The maximum absolute atomic E-state index is 12.1. The van der Waals surface area contributed by atoms with Gasteiger partial charge in [-0.1, -0.05) is 0 Å². The fourth-order valence-corrected chi connectivity index (χ4v) is 2.17. The maximum atomic E-state index is 12.1. The van der Waals surface area contributed by atoms with Gasteiger partial charge in [-0.3, -0.25) is 15.0 Å². The number of carbonyl (C=O) groups is 1. The summed E-state index contributed by atoms with van der Waals surface area (Å²) in [6.45, 7) is 5.64. The van der Waals surface area contributed by atoms with E-state index in [0.29, 0.717) is 18.7 Å². The Hall–Kier alpha value is -2.62. The van der Waals surface area contributed by atoms with E-state index in [-0.39, 0.29) is 11.3 Å². The van der Waals surface area contributed by atoms with Gasteiger partial charge in [-0.2, -0.15) is 5.26 Å². The molecule has 0 atom stereocenters. The Balaban J connectivity index is 2.40. The molecule has 0 saturated heterocycles. The molecule has 2 rings (SSSR count). The average molecular weight is 289 g/mol. The van der Waals surface area contributed by atoms with Gasteiger partial charge < -0.3 is 4.74 Å². The number of carbonyl (C=O) groups excluding carboxylic acids is 1. The number of hydrogen-bond donors (Lipinski definition) is 0. The van der Waals surface area contributed by atoms with Crippen LogP contribution >= 0.6 is 0 Å². The third-order valence-electron chi connectivity index (χ3n) is 3.02. The van der Waals surface area contributed by atoms with Gasteiger partial charge in [-0.05, 0) is 38.8 Å². The number of nitro groups is 1. The van der Waals surface area contributed by atoms with E-state index in [4.69, 9.17) is 10.00 Å². The van der Waals surface area contributed by atoms with Crippen molar-refractivity contribution in [3.8, 4) is 6.07 Å². The number of hydrogen-bond acceptors (Lipinski definition) is 5. The number of nitro benzene ring substituents is 1. The summed E-state index contributed by atoms with van der Waals surface area (Å²) in [5, 5.41) is 20.0. The Morgan fingerprint density at radius 2 is 2.14 bits per heavy atom. The minimum absolute atomic E-state index is 0.00443. The third kappa shape index (κ3) is 2.94. The Morgan fingerprint density at radius 1 is 1.48 bits per heavy atom. The van der Waals surface area contributed by atoms with Crippen molar-refractivity contribution in [2.45, 2.75) is 32.8 Å². The van der Waals surface area contributed by atoms with Crippen molar-refractivity contribution in [3.63, 3.8) is 0 Å². The van der Waals surface area contributed by atoms with E-state index in [1.165, 1.54) is 17.0 Å². The SMILES string of the molecule is CC(C)(C)OC(=O)N1CCc2cc(C#N)c([N+](=O)[O-])cc21. The van der Waals surface area contributed by atoms with Crippen LogP contribution in [0.2, 0.25) is 0 Å². The number of ether oxygens (including phenoxy) is 1. The Kier molecular flexibility index (Phi) is 3.56. The van der Waals surface area contributed by atoms with Crippen molar-refractivity contribution in [1.82, 2.24) is 0 Å². The van der Waals surface area contributed by atoms with Crippen LogP contribution in [0.5, 0.6) is 0 Å². The summed E-state index contributed by atoms with van der Waals surface area (Å²) in [4.78, 5) is 23.9. The lowest BCUT2D eigenvalue weighted by molar-refractivity contribution is -0.385. The highest BCUT2D eigenvalue weighted by Crippen LogP contribution is 2.35. The number of nitrogens with zero attached hydrogens (tertiary/aromatic N) is 3. The van der Waals surface area contributed by atoms with Crippen LogP contribution in [-0.4, -0.2) is 23.2 Å². The van der Waals surface area contributed by atoms with Crippen LogP contribution in [0.4, 0.5) is 16.2 Å². The predicted molar refractivity (Wildman–Crippen MR) is 75.1 cm³/mol. The molecule has 0 aliphatic carbocycles. The van der Waals surface area contributed by atoms with E-state index >= 15 is 0 Å². The number of fused-ring (bicyclic) bond motifs is 1. The molecule has 0 fully saturated rings. The maximum Gasteiger partial charge on any atom is 0.414 e. The zero-order chi connectivity index (χ0) is 15.8. The molecule has 0 radical (unpaired) electrons. The fourth-order valence-electron chi connectivity index (χ4n) is 2.17. The minimum Gasteiger partial charge on any atom is -0.443 e. The number of amides is 1. The topological polar surface area (TPSA) is 96.5 Å². The summed E-state index contributed by atoms with van der Waals surface area (Å²) in [6.07, 6.45) is 0.00148. The molecule has 1 heterocycles. The highest BCUT2D eigenvalue weighted by molar-refractivity contribution is 5.91. The van der Waals surface area contributed by atoms with Crippen LogP contribution in [0, 0.1) is 21.4 Å². The average Bonchev–Trinajstić information content (AvgIpc) is 2.77. The molecular formula is C14H15N3O4. The molecule has 21 heavy (non-hydrogen) atoms. The third-order valence-corrected chi connectivity index (χ3v) is 3.02. The lowest BCUT2D eigenvalue weighted by atomic mass is 10.1. The lowest BCUT2D eigenvalue weighted by Gasteiger charge is -2.24. The van der Waals surface area contributed by atoms with Crippen molar-refractivity contribution >= 4 is 17.5 Å². The first kappa shape index (κ1) is 14.8. The molecular weight excluding hydrogens is 274 g/mol. The number of nitriles is 1. The van der Waals surface area contributed by atoms with Crippen LogP contribution < -0.4 is 4.90 Å². The van der Waals surface area contributed by atoms with Gasteiger partial charge in [0, 0.05) is 12.6 Å². The molecule has 1 aromatic carbocycles. The lowest BCUT2D eigenvalue weighted by Crippen LogP contribution is -2.35. The van der Waals surface area contributed by atoms with Crippen molar-refractivity contribution in [2.75, 3.05) is 11.4 Å². The van der Waals surface area contributed by atoms with Gasteiger partial charge in [0.05, 0.1) is 10.6 Å². The molecule has 7 nitrogen and oxygen atoms in total. The zero-order valence-electron chi connectivity index (χ0n) is 12.0. The van der Waals surface area contributed by atoms with E-state index in [1.807, 2.05) is 6.07 Å². The highest BCUT2D eigenvalue weighted by atomic mass is 16.6. The van der Waals surface area contributed by atoms with Crippen molar-refractivity contribution in [3.05, 3.63) is 33.4 Å². The fraction of sp³-hybridized carbons (Fsp3) is 0.429. The van der Waals surface area contributed by atoms with Gasteiger partial charge in [-0.25, -0.2) is 4.79 Å². The Morgan fingerprint density at radius 3 is 2.67 bits per heavy atom. The molecule has 0 spiro atoms. The monoisotopic (exact) mass is 289 g/mol.